The van der Waals surface area contributed by atoms with Crippen LogP contribution in [0, 0.1) is 0 Å². The second-order valence-electron chi connectivity index (χ2n) is 4.83. The zero-order valence-electron chi connectivity index (χ0n) is 12.4. The summed E-state index contributed by atoms with van der Waals surface area (Å²) in [6, 6.07) is 16.5. The molecule has 23 heavy (non-hydrogen) atoms. The zero-order chi connectivity index (χ0) is 16.1. The van der Waals surface area contributed by atoms with E-state index in [1.807, 2.05) is 42.5 Å². The second-order valence-corrected chi connectivity index (χ2v) is 4.83. The SMILES string of the molecule is CO[C@H](C(=O)Nc1ccc(-c2nn[nH]n2)cc1)c1ccccc1. The first kappa shape index (κ1) is 14.9. The van der Waals surface area contributed by atoms with Gasteiger partial charge in [0.1, 0.15) is 0 Å². The lowest BCUT2D eigenvalue weighted by molar-refractivity contribution is -0.126. The molecule has 0 aliphatic heterocycles. The average Bonchev–Trinajstić information content (AvgIpc) is 3.12. The number of amides is 1. The van der Waals surface area contributed by atoms with Gasteiger partial charge in [-0.1, -0.05) is 30.3 Å². The third-order valence-corrected chi connectivity index (χ3v) is 3.33. The lowest BCUT2D eigenvalue weighted by Gasteiger charge is -2.15. The molecule has 0 fully saturated rings. The molecular formula is C16H15N5O2. The van der Waals surface area contributed by atoms with E-state index in [9.17, 15) is 4.79 Å². The summed E-state index contributed by atoms with van der Waals surface area (Å²) < 4.78 is 5.31. The van der Waals surface area contributed by atoms with E-state index >= 15 is 0 Å². The molecule has 1 heterocycles. The van der Waals surface area contributed by atoms with Crippen LogP contribution in [0.3, 0.4) is 0 Å². The van der Waals surface area contributed by atoms with Crippen LogP contribution >= 0.6 is 0 Å². The summed E-state index contributed by atoms with van der Waals surface area (Å²) in [7, 11) is 1.51. The number of ether oxygens (including phenoxy) is 1. The number of rotatable bonds is 5. The summed E-state index contributed by atoms with van der Waals surface area (Å²) in [5.41, 5.74) is 2.28. The number of anilines is 1. The normalized spacial score (nSPS) is 11.9. The molecule has 116 valence electrons. The first-order valence-electron chi connectivity index (χ1n) is 7.00. The largest absolute Gasteiger partial charge is 0.367 e. The van der Waals surface area contributed by atoms with E-state index in [-0.39, 0.29) is 5.91 Å². The Bertz CT molecular complexity index is 757. The molecular weight excluding hydrogens is 294 g/mol. The Hall–Kier alpha value is -3.06. The minimum absolute atomic E-state index is 0.231. The fourth-order valence-electron chi connectivity index (χ4n) is 2.22. The van der Waals surface area contributed by atoms with E-state index in [2.05, 4.69) is 25.9 Å². The monoisotopic (exact) mass is 309 g/mol. The van der Waals surface area contributed by atoms with Crippen LogP contribution in [0.1, 0.15) is 11.7 Å². The van der Waals surface area contributed by atoms with Crippen molar-refractivity contribution in [3.63, 3.8) is 0 Å². The molecule has 0 aliphatic carbocycles. The van der Waals surface area contributed by atoms with E-state index < -0.39 is 6.10 Å². The van der Waals surface area contributed by atoms with Crippen molar-refractivity contribution >= 4 is 11.6 Å². The summed E-state index contributed by atoms with van der Waals surface area (Å²) in [5, 5.41) is 16.6. The molecule has 0 spiro atoms. The van der Waals surface area contributed by atoms with Gasteiger partial charge in [0.25, 0.3) is 5.91 Å². The third kappa shape index (κ3) is 3.41. The van der Waals surface area contributed by atoms with Gasteiger partial charge in [-0.2, -0.15) is 5.21 Å². The number of hydrogen-bond acceptors (Lipinski definition) is 5. The number of benzene rings is 2. The van der Waals surface area contributed by atoms with Crippen molar-refractivity contribution in [2.45, 2.75) is 6.10 Å². The van der Waals surface area contributed by atoms with Crippen LogP contribution in [0.5, 0.6) is 0 Å². The van der Waals surface area contributed by atoms with Crippen LogP contribution in [-0.2, 0) is 9.53 Å². The average molecular weight is 309 g/mol. The van der Waals surface area contributed by atoms with Gasteiger partial charge in [0, 0.05) is 18.4 Å². The van der Waals surface area contributed by atoms with E-state index in [0.29, 0.717) is 11.5 Å². The Morgan fingerprint density at radius 3 is 2.48 bits per heavy atom. The lowest BCUT2D eigenvalue weighted by Crippen LogP contribution is -2.22. The maximum atomic E-state index is 12.4. The van der Waals surface area contributed by atoms with Gasteiger partial charge in [0.2, 0.25) is 5.82 Å². The number of tetrazole rings is 1. The minimum Gasteiger partial charge on any atom is -0.367 e. The first-order valence-corrected chi connectivity index (χ1v) is 7.00. The van der Waals surface area contributed by atoms with Crippen molar-refractivity contribution in [3.8, 4) is 11.4 Å². The van der Waals surface area contributed by atoms with E-state index in [4.69, 9.17) is 4.74 Å². The van der Waals surface area contributed by atoms with E-state index in [1.54, 1.807) is 12.1 Å². The highest BCUT2D eigenvalue weighted by atomic mass is 16.5. The molecule has 0 bridgehead atoms. The number of carbonyl (C=O) groups excluding carboxylic acids is 1. The van der Waals surface area contributed by atoms with Gasteiger partial charge in [0.15, 0.2) is 6.10 Å². The number of carbonyl (C=O) groups is 1. The van der Waals surface area contributed by atoms with Gasteiger partial charge in [-0.25, -0.2) is 0 Å². The number of nitrogens with zero attached hydrogens (tertiary/aromatic N) is 3. The molecule has 0 aliphatic rings. The first-order chi connectivity index (χ1) is 11.3. The van der Waals surface area contributed by atoms with Gasteiger partial charge in [-0.3, -0.25) is 4.79 Å². The Kier molecular flexibility index (Phi) is 4.39. The van der Waals surface area contributed by atoms with Gasteiger partial charge in [-0.05, 0) is 35.0 Å². The molecule has 0 radical (unpaired) electrons. The zero-order valence-corrected chi connectivity index (χ0v) is 12.4. The molecule has 3 rings (SSSR count). The van der Waals surface area contributed by atoms with Crippen LogP contribution in [0.2, 0.25) is 0 Å². The van der Waals surface area contributed by atoms with E-state index in [0.717, 1.165) is 11.1 Å². The number of aromatic nitrogens is 4. The Labute approximate surface area is 132 Å². The van der Waals surface area contributed by atoms with Gasteiger partial charge in [-0.15, -0.1) is 10.2 Å². The molecule has 7 nitrogen and oxygen atoms in total. The Morgan fingerprint density at radius 1 is 1.13 bits per heavy atom. The van der Waals surface area contributed by atoms with Crippen molar-refractivity contribution in [3.05, 3.63) is 60.2 Å². The summed E-state index contributed by atoms with van der Waals surface area (Å²) >= 11 is 0. The highest BCUT2D eigenvalue weighted by molar-refractivity contribution is 5.95. The standard InChI is InChI=1S/C16H15N5O2/c1-23-14(11-5-3-2-4-6-11)16(22)17-13-9-7-12(8-10-13)15-18-20-21-19-15/h2-10,14H,1H3,(H,17,22)(H,18,19,20,21)/t14-/m0/s1. The second kappa shape index (κ2) is 6.80. The number of nitrogens with one attached hydrogen (secondary N) is 2. The molecule has 0 saturated heterocycles. The van der Waals surface area contributed by atoms with Crippen LogP contribution in [0.4, 0.5) is 5.69 Å². The molecule has 3 aromatic rings. The fourth-order valence-corrected chi connectivity index (χ4v) is 2.22. The predicted molar refractivity (Wildman–Crippen MR) is 84.4 cm³/mol. The smallest absolute Gasteiger partial charge is 0.258 e. The summed E-state index contributed by atoms with van der Waals surface area (Å²) in [6.07, 6.45) is -0.659. The summed E-state index contributed by atoms with van der Waals surface area (Å²) in [6.45, 7) is 0. The molecule has 1 atom stereocenters. The van der Waals surface area contributed by atoms with Crippen molar-refractivity contribution in [1.29, 1.82) is 0 Å². The van der Waals surface area contributed by atoms with Crippen molar-refractivity contribution in [1.82, 2.24) is 20.6 Å². The van der Waals surface area contributed by atoms with Crippen LogP contribution in [0.25, 0.3) is 11.4 Å². The number of aromatic amines is 1. The van der Waals surface area contributed by atoms with Crippen LogP contribution in [-0.4, -0.2) is 33.6 Å². The molecule has 2 N–H and O–H groups in total. The topological polar surface area (TPSA) is 92.8 Å². The summed E-state index contributed by atoms with van der Waals surface area (Å²) in [4.78, 5) is 12.4. The van der Waals surface area contributed by atoms with Gasteiger partial charge in [0.05, 0.1) is 0 Å². The van der Waals surface area contributed by atoms with Crippen LogP contribution in [0.15, 0.2) is 54.6 Å². The maximum absolute atomic E-state index is 12.4. The van der Waals surface area contributed by atoms with Crippen molar-refractivity contribution in [2.24, 2.45) is 0 Å². The van der Waals surface area contributed by atoms with Crippen molar-refractivity contribution < 1.29 is 9.53 Å². The molecule has 1 aromatic heterocycles. The highest BCUT2D eigenvalue weighted by Gasteiger charge is 2.19. The Balaban J connectivity index is 1.72. The molecule has 1 amide bonds. The lowest BCUT2D eigenvalue weighted by atomic mass is 10.1. The fraction of sp³-hybridized carbons (Fsp3) is 0.125. The summed E-state index contributed by atoms with van der Waals surface area (Å²) in [5.74, 6) is 0.271. The van der Waals surface area contributed by atoms with Gasteiger partial charge < -0.3 is 10.1 Å². The van der Waals surface area contributed by atoms with E-state index in [1.165, 1.54) is 7.11 Å². The molecule has 2 aromatic carbocycles. The Morgan fingerprint density at radius 2 is 1.87 bits per heavy atom. The molecule has 0 unspecified atom stereocenters. The van der Waals surface area contributed by atoms with Gasteiger partial charge >= 0.3 is 0 Å². The third-order valence-electron chi connectivity index (χ3n) is 3.33. The number of methoxy groups -OCH3 is 1. The minimum atomic E-state index is -0.659. The van der Waals surface area contributed by atoms with Crippen LogP contribution < -0.4 is 5.32 Å². The quantitative estimate of drug-likeness (QED) is 0.753. The van der Waals surface area contributed by atoms with Crippen molar-refractivity contribution in [2.75, 3.05) is 12.4 Å². The number of hydrogen-bond donors (Lipinski definition) is 2. The molecule has 7 heteroatoms. The number of H-pyrrole nitrogens is 1. The molecule has 0 saturated carbocycles. The maximum Gasteiger partial charge on any atom is 0.258 e. The highest BCUT2D eigenvalue weighted by Crippen LogP contribution is 2.21. The predicted octanol–water partition coefficient (Wildman–Crippen LogP) is 2.19.